The van der Waals surface area contributed by atoms with Crippen molar-refractivity contribution in [1.82, 2.24) is 15.1 Å². The van der Waals surface area contributed by atoms with Crippen LogP contribution in [0.25, 0.3) is 11.3 Å². The number of hydrogen-bond donors (Lipinski definition) is 2. The molecule has 2 heterocycles. The van der Waals surface area contributed by atoms with Gasteiger partial charge in [-0.05, 0) is 43.2 Å². The Labute approximate surface area is 171 Å². The minimum atomic E-state index is -0.849. The highest BCUT2D eigenvalue weighted by Crippen LogP contribution is 2.38. The average molecular weight is 393 g/mol. The number of ether oxygens (including phenoxy) is 2. The van der Waals surface area contributed by atoms with E-state index in [4.69, 9.17) is 9.47 Å². The van der Waals surface area contributed by atoms with Crippen molar-refractivity contribution in [3.63, 3.8) is 0 Å². The van der Waals surface area contributed by atoms with Gasteiger partial charge >= 0.3 is 0 Å². The highest BCUT2D eigenvalue weighted by molar-refractivity contribution is 5.63. The smallest absolute Gasteiger partial charge is 0.124 e. The zero-order valence-corrected chi connectivity index (χ0v) is 16.9. The molecule has 0 amide bonds. The van der Waals surface area contributed by atoms with Gasteiger partial charge in [0.05, 0.1) is 31.7 Å². The number of benzene rings is 2. The number of para-hydroxylation sites is 1. The Kier molecular flexibility index (Phi) is 5.56. The molecular weight excluding hydrogens is 366 g/mol. The third-order valence-corrected chi connectivity index (χ3v) is 5.78. The van der Waals surface area contributed by atoms with Crippen molar-refractivity contribution in [3.8, 4) is 22.8 Å². The number of likely N-dealkylation sites (tertiary alicyclic amines) is 1. The Bertz CT molecular complexity index is 944. The van der Waals surface area contributed by atoms with Crippen LogP contribution >= 0.6 is 0 Å². The summed E-state index contributed by atoms with van der Waals surface area (Å²) < 4.78 is 10.7. The van der Waals surface area contributed by atoms with Gasteiger partial charge in [-0.2, -0.15) is 5.10 Å². The van der Waals surface area contributed by atoms with Crippen molar-refractivity contribution >= 4 is 0 Å². The largest absolute Gasteiger partial charge is 0.497 e. The van der Waals surface area contributed by atoms with Gasteiger partial charge in [-0.3, -0.25) is 10.00 Å². The van der Waals surface area contributed by atoms with Gasteiger partial charge in [0.25, 0.3) is 0 Å². The SMILES string of the molecule is COc1ccc(-c2[nH]ncc2CN2CCC(O)(c3ccccc3OC)CC2)cc1. The lowest BCUT2D eigenvalue weighted by molar-refractivity contribution is -0.0292. The predicted molar refractivity (Wildman–Crippen MR) is 112 cm³/mol. The van der Waals surface area contributed by atoms with Crippen LogP contribution in [0, 0.1) is 0 Å². The van der Waals surface area contributed by atoms with Gasteiger partial charge in [0.15, 0.2) is 0 Å². The molecule has 1 aromatic heterocycles. The fourth-order valence-corrected chi connectivity index (χ4v) is 4.06. The molecule has 1 saturated heterocycles. The zero-order chi connectivity index (χ0) is 20.3. The summed E-state index contributed by atoms with van der Waals surface area (Å²) in [7, 11) is 3.32. The summed E-state index contributed by atoms with van der Waals surface area (Å²) in [5.74, 6) is 1.58. The molecule has 152 valence electrons. The number of piperidine rings is 1. The fraction of sp³-hybridized carbons (Fsp3) is 0.348. The summed E-state index contributed by atoms with van der Waals surface area (Å²) in [6.07, 6.45) is 3.23. The van der Waals surface area contributed by atoms with E-state index in [0.29, 0.717) is 12.8 Å². The number of aliphatic hydroxyl groups is 1. The minimum Gasteiger partial charge on any atom is -0.497 e. The van der Waals surface area contributed by atoms with Gasteiger partial charge < -0.3 is 14.6 Å². The molecule has 3 aromatic rings. The van der Waals surface area contributed by atoms with E-state index in [1.807, 2.05) is 54.7 Å². The second kappa shape index (κ2) is 8.27. The van der Waals surface area contributed by atoms with E-state index in [1.165, 1.54) is 0 Å². The topological polar surface area (TPSA) is 70.6 Å². The molecule has 0 spiro atoms. The van der Waals surface area contributed by atoms with Crippen LogP contribution in [-0.2, 0) is 12.1 Å². The molecule has 1 aliphatic heterocycles. The molecule has 6 heteroatoms. The van der Waals surface area contributed by atoms with Crippen molar-refractivity contribution in [1.29, 1.82) is 0 Å². The number of methoxy groups -OCH3 is 2. The third-order valence-electron chi connectivity index (χ3n) is 5.78. The first-order valence-electron chi connectivity index (χ1n) is 9.88. The van der Waals surface area contributed by atoms with Gasteiger partial charge in [-0.1, -0.05) is 18.2 Å². The van der Waals surface area contributed by atoms with Crippen LogP contribution in [-0.4, -0.2) is 47.5 Å². The zero-order valence-electron chi connectivity index (χ0n) is 16.9. The number of rotatable bonds is 6. The lowest BCUT2D eigenvalue weighted by Gasteiger charge is -2.39. The summed E-state index contributed by atoms with van der Waals surface area (Å²) in [6.45, 7) is 2.41. The van der Waals surface area contributed by atoms with E-state index in [2.05, 4.69) is 15.1 Å². The van der Waals surface area contributed by atoms with Gasteiger partial charge in [0, 0.05) is 36.3 Å². The lowest BCUT2D eigenvalue weighted by atomic mass is 9.83. The summed E-state index contributed by atoms with van der Waals surface area (Å²) in [5, 5.41) is 18.6. The molecule has 0 bridgehead atoms. The molecule has 1 fully saturated rings. The maximum absolute atomic E-state index is 11.2. The molecule has 2 aromatic carbocycles. The van der Waals surface area contributed by atoms with E-state index in [0.717, 1.165) is 53.5 Å². The first-order chi connectivity index (χ1) is 14.1. The summed E-state index contributed by atoms with van der Waals surface area (Å²) in [5.41, 5.74) is 3.29. The molecule has 6 nitrogen and oxygen atoms in total. The van der Waals surface area contributed by atoms with Gasteiger partial charge in [-0.15, -0.1) is 0 Å². The van der Waals surface area contributed by atoms with Crippen LogP contribution < -0.4 is 9.47 Å². The van der Waals surface area contributed by atoms with E-state index >= 15 is 0 Å². The van der Waals surface area contributed by atoms with Crippen molar-refractivity contribution in [2.24, 2.45) is 0 Å². The van der Waals surface area contributed by atoms with E-state index in [9.17, 15) is 5.11 Å². The fourth-order valence-electron chi connectivity index (χ4n) is 4.06. The number of nitrogens with zero attached hydrogens (tertiary/aromatic N) is 2. The maximum Gasteiger partial charge on any atom is 0.124 e. The second-order valence-corrected chi connectivity index (χ2v) is 7.51. The first-order valence-corrected chi connectivity index (χ1v) is 9.88. The maximum atomic E-state index is 11.2. The molecular formula is C23H27N3O3. The first kappa shape index (κ1) is 19.5. The standard InChI is InChI=1S/C23H27N3O3/c1-28-19-9-7-17(8-10-19)22-18(15-24-25-22)16-26-13-11-23(27,12-14-26)20-5-3-4-6-21(20)29-2/h3-10,15,27H,11-14,16H2,1-2H3,(H,24,25). The van der Waals surface area contributed by atoms with Crippen molar-refractivity contribution < 1.29 is 14.6 Å². The molecule has 0 aliphatic carbocycles. The molecule has 1 aliphatic rings. The molecule has 4 rings (SSSR count). The Morgan fingerprint density at radius 1 is 1.03 bits per heavy atom. The van der Waals surface area contributed by atoms with Gasteiger partial charge in [-0.25, -0.2) is 0 Å². The third kappa shape index (κ3) is 3.99. The van der Waals surface area contributed by atoms with Crippen LogP contribution in [0.5, 0.6) is 11.5 Å². The highest BCUT2D eigenvalue weighted by atomic mass is 16.5. The van der Waals surface area contributed by atoms with E-state index < -0.39 is 5.60 Å². The van der Waals surface area contributed by atoms with Crippen LogP contribution in [0.15, 0.2) is 54.7 Å². The van der Waals surface area contributed by atoms with Gasteiger partial charge in [0.2, 0.25) is 0 Å². The molecule has 0 radical (unpaired) electrons. The van der Waals surface area contributed by atoms with Gasteiger partial charge in [0.1, 0.15) is 11.5 Å². The monoisotopic (exact) mass is 393 g/mol. The molecule has 0 atom stereocenters. The van der Waals surface area contributed by atoms with E-state index in [1.54, 1.807) is 14.2 Å². The molecule has 2 N–H and O–H groups in total. The molecule has 29 heavy (non-hydrogen) atoms. The Hall–Kier alpha value is -2.83. The summed E-state index contributed by atoms with van der Waals surface area (Å²) in [4.78, 5) is 2.36. The Morgan fingerprint density at radius 3 is 2.45 bits per heavy atom. The van der Waals surface area contributed by atoms with E-state index in [-0.39, 0.29) is 0 Å². The minimum absolute atomic E-state index is 0.670. The Balaban J connectivity index is 1.45. The summed E-state index contributed by atoms with van der Waals surface area (Å²) in [6, 6.07) is 15.7. The average Bonchev–Trinajstić information content (AvgIpc) is 3.23. The Morgan fingerprint density at radius 2 is 1.76 bits per heavy atom. The second-order valence-electron chi connectivity index (χ2n) is 7.51. The number of aromatic amines is 1. The quantitative estimate of drug-likeness (QED) is 0.670. The number of aromatic nitrogens is 2. The number of nitrogens with one attached hydrogen (secondary N) is 1. The normalized spacial score (nSPS) is 16.5. The van der Waals surface area contributed by atoms with Crippen molar-refractivity contribution in [2.45, 2.75) is 25.0 Å². The van der Waals surface area contributed by atoms with Crippen molar-refractivity contribution in [2.75, 3.05) is 27.3 Å². The molecule has 0 saturated carbocycles. The molecule has 0 unspecified atom stereocenters. The lowest BCUT2D eigenvalue weighted by Crippen LogP contribution is -2.42. The van der Waals surface area contributed by atoms with Crippen LogP contribution in [0.3, 0.4) is 0 Å². The number of H-pyrrole nitrogens is 1. The summed E-state index contributed by atoms with van der Waals surface area (Å²) >= 11 is 0. The van der Waals surface area contributed by atoms with Crippen LogP contribution in [0.1, 0.15) is 24.0 Å². The van der Waals surface area contributed by atoms with Crippen LogP contribution in [0.4, 0.5) is 0 Å². The van der Waals surface area contributed by atoms with Crippen molar-refractivity contribution in [3.05, 3.63) is 65.9 Å². The predicted octanol–water partition coefficient (Wildman–Crippen LogP) is 3.58. The number of hydrogen-bond acceptors (Lipinski definition) is 5. The highest BCUT2D eigenvalue weighted by Gasteiger charge is 2.36. The van der Waals surface area contributed by atoms with Crippen LogP contribution in [0.2, 0.25) is 0 Å².